The predicted molar refractivity (Wildman–Crippen MR) is 67.5 cm³/mol. The van der Waals surface area contributed by atoms with Crippen molar-refractivity contribution >= 4 is 5.91 Å². The molecule has 1 rings (SSSR count). The molecule has 0 aliphatic rings. The lowest BCUT2D eigenvalue weighted by Gasteiger charge is -2.16. The van der Waals surface area contributed by atoms with E-state index >= 15 is 0 Å². The van der Waals surface area contributed by atoms with Crippen LogP contribution >= 0.6 is 0 Å². The first-order valence-electron chi connectivity index (χ1n) is 6.09. The van der Waals surface area contributed by atoms with Crippen molar-refractivity contribution in [2.45, 2.75) is 52.1 Å². The fraction of sp³-hybridized carbons (Fsp3) is 0.667. The molecule has 1 aromatic heterocycles. The summed E-state index contributed by atoms with van der Waals surface area (Å²) in [5.41, 5.74) is 7.73. The monoisotopic (exact) mass is 238 g/mol. The van der Waals surface area contributed by atoms with Gasteiger partial charge in [0.1, 0.15) is 0 Å². The first-order chi connectivity index (χ1) is 8.02. The van der Waals surface area contributed by atoms with Gasteiger partial charge in [-0.3, -0.25) is 9.89 Å². The van der Waals surface area contributed by atoms with Crippen LogP contribution in [-0.4, -0.2) is 28.2 Å². The number of rotatable bonds is 6. The van der Waals surface area contributed by atoms with E-state index in [4.69, 9.17) is 5.73 Å². The average Bonchev–Trinajstić information content (AvgIpc) is 2.64. The molecule has 0 aliphatic carbocycles. The van der Waals surface area contributed by atoms with Gasteiger partial charge in [0.25, 0.3) is 0 Å². The number of carbonyl (C=O) groups excluding carboxylic acids is 1. The lowest BCUT2D eigenvalue weighted by atomic mass is 10.1. The van der Waals surface area contributed by atoms with Crippen LogP contribution in [0.4, 0.5) is 0 Å². The summed E-state index contributed by atoms with van der Waals surface area (Å²) in [4.78, 5) is 11.7. The molecule has 0 fully saturated rings. The van der Waals surface area contributed by atoms with Gasteiger partial charge < -0.3 is 11.1 Å². The highest BCUT2D eigenvalue weighted by atomic mass is 16.2. The van der Waals surface area contributed by atoms with Crippen LogP contribution in [0.25, 0.3) is 0 Å². The van der Waals surface area contributed by atoms with E-state index < -0.39 is 6.04 Å². The molecular weight excluding hydrogens is 216 g/mol. The molecule has 5 heteroatoms. The third-order valence-electron chi connectivity index (χ3n) is 2.60. The van der Waals surface area contributed by atoms with E-state index in [1.807, 2.05) is 26.8 Å². The zero-order valence-corrected chi connectivity index (χ0v) is 10.8. The van der Waals surface area contributed by atoms with Crippen molar-refractivity contribution in [3.8, 4) is 0 Å². The molecule has 0 spiro atoms. The molecule has 2 atom stereocenters. The number of nitrogens with one attached hydrogen (secondary N) is 2. The highest BCUT2D eigenvalue weighted by Gasteiger charge is 2.15. The van der Waals surface area contributed by atoms with E-state index in [9.17, 15) is 4.79 Å². The Morgan fingerprint density at radius 2 is 2.35 bits per heavy atom. The standard InChI is InChI=1S/C12H22N4O/c1-4-5-11(13)12(17)14-8(2)6-10-7-9(3)15-16-10/h7-8,11H,4-6,13H2,1-3H3,(H,14,17)(H,15,16). The van der Waals surface area contributed by atoms with E-state index in [0.29, 0.717) is 0 Å². The molecule has 0 bridgehead atoms. The van der Waals surface area contributed by atoms with Gasteiger partial charge in [-0.1, -0.05) is 13.3 Å². The largest absolute Gasteiger partial charge is 0.352 e. The van der Waals surface area contributed by atoms with Gasteiger partial charge in [0.15, 0.2) is 0 Å². The highest BCUT2D eigenvalue weighted by molar-refractivity contribution is 5.81. The maximum Gasteiger partial charge on any atom is 0.237 e. The van der Waals surface area contributed by atoms with Gasteiger partial charge in [-0.15, -0.1) is 0 Å². The Balaban J connectivity index is 2.38. The summed E-state index contributed by atoms with van der Waals surface area (Å²) in [6, 6.07) is 1.63. The maximum absolute atomic E-state index is 11.7. The number of hydrogen-bond acceptors (Lipinski definition) is 3. The van der Waals surface area contributed by atoms with Crippen LogP contribution in [0.2, 0.25) is 0 Å². The summed E-state index contributed by atoms with van der Waals surface area (Å²) in [5, 5.41) is 9.92. The molecule has 0 aromatic carbocycles. The molecular formula is C12H22N4O. The van der Waals surface area contributed by atoms with Gasteiger partial charge in [-0.2, -0.15) is 5.10 Å². The van der Waals surface area contributed by atoms with Gasteiger partial charge in [-0.25, -0.2) is 0 Å². The predicted octanol–water partition coefficient (Wildman–Crippen LogP) is 0.893. The summed E-state index contributed by atoms with van der Waals surface area (Å²) in [5.74, 6) is -0.0772. The maximum atomic E-state index is 11.7. The van der Waals surface area contributed by atoms with E-state index in [0.717, 1.165) is 30.7 Å². The fourth-order valence-corrected chi connectivity index (χ4v) is 1.74. The number of nitrogens with two attached hydrogens (primary N) is 1. The van der Waals surface area contributed by atoms with E-state index in [-0.39, 0.29) is 11.9 Å². The number of amides is 1. The van der Waals surface area contributed by atoms with E-state index in [1.165, 1.54) is 0 Å². The van der Waals surface area contributed by atoms with Crippen LogP contribution in [0.5, 0.6) is 0 Å². The second-order valence-corrected chi connectivity index (χ2v) is 4.55. The molecule has 1 heterocycles. The van der Waals surface area contributed by atoms with E-state index in [1.54, 1.807) is 0 Å². The Morgan fingerprint density at radius 3 is 2.88 bits per heavy atom. The second-order valence-electron chi connectivity index (χ2n) is 4.55. The Bertz CT molecular complexity index is 361. The molecule has 0 saturated carbocycles. The SMILES string of the molecule is CCCC(N)C(=O)NC(C)Cc1cc(C)[nH]n1. The van der Waals surface area contributed by atoms with Crippen LogP contribution in [-0.2, 0) is 11.2 Å². The number of aromatic amines is 1. The van der Waals surface area contributed by atoms with Crippen LogP contribution in [0.15, 0.2) is 6.07 Å². The van der Waals surface area contributed by atoms with Crippen LogP contribution < -0.4 is 11.1 Å². The summed E-state index contributed by atoms with van der Waals surface area (Å²) in [6.45, 7) is 5.93. The van der Waals surface area contributed by atoms with Crippen LogP contribution in [0, 0.1) is 6.92 Å². The van der Waals surface area contributed by atoms with Crippen molar-refractivity contribution in [3.05, 3.63) is 17.5 Å². The summed E-state index contributed by atoms with van der Waals surface area (Å²) < 4.78 is 0. The number of nitrogens with zero attached hydrogens (tertiary/aromatic N) is 1. The van der Waals surface area contributed by atoms with Gasteiger partial charge in [0.2, 0.25) is 5.91 Å². The summed E-state index contributed by atoms with van der Waals surface area (Å²) >= 11 is 0. The quantitative estimate of drug-likeness (QED) is 0.688. The molecule has 4 N–H and O–H groups in total. The molecule has 1 aromatic rings. The number of hydrogen-bond donors (Lipinski definition) is 3. The average molecular weight is 238 g/mol. The first kappa shape index (κ1) is 13.7. The third kappa shape index (κ3) is 4.56. The van der Waals surface area contributed by atoms with Crippen molar-refractivity contribution in [2.75, 3.05) is 0 Å². The third-order valence-corrected chi connectivity index (χ3v) is 2.60. The fourth-order valence-electron chi connectivity index (χ4n) is 1.74. The van der Waals surface area contributed by atoms with Gasteiger partial charge in [0.05, 0.1) is 11.7 Å². The molecule has 17 heavy (non-hydrogen) atoms. The molecule has 2 unspecified atom stereocenters. The lowest BCUT2D eigenvalue weighted by Crippen LogP contribution is -2.45. The molecule has 96 valence electrons. The molecule has 0 radical (unpaired) electrons. The summed E-state index contributed by atoms with van der Waals surface area (Å²) in [6.07, 6.45) is 2.36. The molecule has 1 amide bonds. The first-order valence-corrected chi connectivity index (χ1v) is 6.09. The topological polar surface area (TPSA) is 83.8 Å². The zero-order chi connectivity index (χ0) is 12.8. The molecule has 0 saturated heterocycles. The lowest BCUT2D eigenvalue weighted by molar-refractivity contribution is -0.123. The zero-order valence-electron chi connectivity index (χ0n) is 10.8. The van der Waals surface area contributed by atoms with Crippen LogP contribution in [0.3, 0.4) is 0 Å². The van der Waals surface area contributed by atoms with Crippen molar-refractivity contribution in [2.24, 2.45) is 5.73 Å². The Morgan fingerprint density at radius 1 is 1.65 bits per heavy atom. The van der Waals surface area contributed by atoms with Gasteiger partial charge >= 0.3 is 0 Å². The Labute approximate surface area is 102 Å². The minimum absolute atomic E-state index is 0.0492. The van der Waals surface area contributed by atoms with Crippen molar-refractivity contribution < 1.29 is 4.79 Å². The smallest absolute Gasteiger partial charge is 0.237 e. The molecule has 5 nitrogen and oxygen atoms in total. The van der Waals surface area contributed by atoms with Crippen molar-refractivity contribution in [1.29, 1.82) is 0 Å². The number of aryl methyl sites for hydroxylation is 1. The number of carbonyl (C=O) groups is 1. The number of aromatic nitrogens is 2. The van der Waals surface area contributed by atoms with Crippen molar-refractivity contribution in [1.82, 2.24) is 15.5 Å². The van der Waals surface area contributed by atoms with Gasteiger partial charge in [-0.05, 0) is 26.3 Å². The minimum Gasteiger partial charge on any atom is -0.352 e. The minimum atomic E-state index is -0.400. The second kappa shape index (κ2) is 6.39. The van der Waals surface area contributed by atoms with Crippen LogP contribution in [0.1, 0.15) is 38.1 Å². The van der Waals surface area contributed by atoms with Gasteiger partial charge in [0, 0.05) is 18.2 Å². The molecule has 0 aliphatic heterocycles. The highest BCUT2D eigenvalue weighted by Crippen LogP contribution is 2.02. The Hall–Kier alpha value is -1.36. The summed E-state index contributed by atoms with van der Waals surface area (Å²) in [7, 11) is 0. The Kier molecular flexibility index (Phi) is 5.15. The van der Waals surface area contributed by atoms with E-state index in [2.05, 4.69) is 15.5 Å². The normalized spacial score (nSPS) is 14.4. The van der Waals surface area contributed by atoms with Crippen molar-refractivity contribution in [3.63, 3.8) is 0 Å². The number of H-pyrrole nitrogens is 1.